The molecular formula is C36H21N5. The van der Waals surface area contributed by atoms with Crippen molar-refractivity contribution in [2.45, 2.75) is 6.42 Å². The number of nitrogens with zero attached hydrogens (tertiary/aromatic N) is 5. The second-order valence-corrected chi connectivity index (χ2v) is 10.9. The molecule has 5 aromatic heterocycles. The summed E-state index contributed by atoms with van der Waals surface area (Å²) in [6, 6.07) is 33.0. The summed E-state index contributed by atoms with van der Waals surface area (Å²) in [5.41, 5.74) is 12.9. The molecule has 9 aromatic rings. The standard InChI is InChI=1S/C36H21N5/c1-2-6-22(7-3-1)40-31-9-5-4-8-24(31)28-16-21-17-29-23(27(21)18-32(28)40)10-11-26-25-12-14-37-19-33(25)41-34-20-38-15-13-30(34)39-36(41)35(26)29/h1-16,18-20H,17H2. The third-order valence-electron chi connectivity index (χ3n) is 8.89. The molecule has 190 valence electrons. The number of para-hydroxylation sites is 2. The molecule has 0 spiro atoms. The van der Waals surface area contributed by atoms with Gasteiger partial charge < -0.3 is 4.57 Å². The average Bonchev–Trinajstić information content (AvgIpc) is 3.69. The zero-order chi connectivity index (χ0) is 26.7. The smallest absolute Gasteiger partial charge is 0.146 e. The SMILES string of the molecule is c1ccc(-n2c3ccccc3c3cc4c(cc32)-c2ccc3c5ccncc5n5c6cnccc6nc5c3c2C4)cc1. The highest BCUT2D eigenvalue weighted by molar-refractivity contribution is 6.17. The molecule has 10 rings (SSSR count). The molecule has 0 N–H and O–H groups in total. The molecule has 5 heterocycles. The summed E-state index contributed by atoms with van der Waals surface area (Å²) in [6.07, 6.45) is 8.42. The molecule has 0 radical (unpaired) electrons. The van der Waals surface area contributed by atoms with Crippen LogP contribution in [0.25, 0.3) is 77.0 Å². The molecule has 0 amide bonds. The lowest BCUT2D eigenvalue weighted by molar-refractivity contribution is 1.18. The molecule has 0 bridgehead atoms. The fourth-order valence-corrected chi connectivity index (χ4v) is 7.19. The number of aromatic nitrogens is 5. The number of imidazole rings is 1. The van der Waals surface area contributed by atoms with Crippen LogP contribution in [0.1, 0.15) is 11.1 Å². The van der Waals surface area contributed by atoms with Crippen molar-refractivity contribution >= 4 is 60.2 Å². The van der Waals surface area contributed by atoms with Crippen LogP contribution in [0, 0.1) is 0 Å². The van der Waals surface area contributed by atoms with Crippen LogP contribution >= 0.6 is 0 Å². The quantitative estimate of drug-likeness (QED) is 0.204. The summed E-state index contributed by atoms with van der Waals surface area (Å²) < 4.78 is 4.64. The van der Waals surface area contributed by atoms with E-state index in [1.807, 2.05) is 30.9 Å². The van der Waals surface area contributed by atoms with E-state index in [0.29, 0.717) is 0 Å². The minimum atomic E-state index is 0.872. The van der Waals surface area contributed by atoms with Gasteiger partial charge in [-0.25, -0.2) is 4.98 Å². The molecule has 0 saturated heterocycles. The molecule has 41 heavy (non-hydrogen) atoms. The van der Waals surface area contributed by atoms with Crippen LogP contribution in [0.15, 0.2) is 116 Å². The van der Waals surface area contributed by atoms with Gasteiger partial charge >= 0.3 is 0 Å². The molecule has 0 fully saturated rings. The maximum absolute atomic E-state index is 5.16. The second-order valence-electron chi connectivity index (χ2n) is 10.9. The third kappa shape index (κ3) is 2.68. The number of hydrogen-bond donors (Lipinski definition) is 0. The summed E-state index contributed by atoms with van der Waals surface area (Å²) in [5, 5.41) is 6.18. The molecule has 0 atom stereocenters. The van der Waals surface area contributed by atoms with E-state index < -0.39 is 0 Å². The Hall–Kier alpha value is -5.55. The highest BCUT2D eigenvalue weighted by atomic mass is 15.0. The van der Waals surface area contributed by atoms with E-state index in [4.69, 9.17) is 4.98 Å². The van der Waals surface area contributed by atoms with E-state index in [1.165, 1.54) is 65.9 Å². The van der Waals surface area contributed by atoms with Crippen molar-refractivity contribution in [1.82, 2.24) is 23.9 Å². The van der Waals surface area contributed by atoms with E-state index in [2.05, 4.69) is 104 Å². The molecule has 4 aromatic carbocycles. The van der Waals surface area contributed by atoms with Gasteiger partial charge in [0.2, 0.25) is 0 Å². The van der Waals surface area contributed by atoms with Crippen LogP contribution < -0.4 is 0 Å². The summed E-state index contributed by atoms with van der Waals surface area (Å²) in [4.78, 5) is 14.1. The molecule has 0 unspecified atom stereocenters. The van der Waals surface area contributed by atoms with Crippen LogP contribution in [-0.2, 0) is 6.42 Å². The lowest BCUT2D eigenvalue weighted by Gasteiger charge is -2.12. The number of benzene rings is 4. The normalized spacial score (nSPS) is 12.8. The Balaban J connectivity index is 1.34. The molecule has 5 nitrogen and oxygen atoms in total. The van der Waals surface area contributed by atoms with Crippen molar-refractivity contribution in [2.75, 3.05) is 0 Å². The first-order chi connectivity index (χ1) is 20.3. The number of rotatable bonds is 1. The molecule has 0 saturated carbocycles. The Labute approximate surface area is 234 Å². The van der Waals surface area contributed by atoms with Gasteiger partial charge in [-0.2, -0.15) is 0 Å². The fraction of sp³-hybridized carbons (Fsp3) is 0.0278. The number of hydrogen-bond acceptors (Lipinski definition) is 3. The van der Waals surface area contributed by atoms with Crippen molar-refractivity contribution in [3.63, 3.8) is 0 Å². The first-order valence-electron chi connectivity index (χ1n) is 13.9. The van der Waals surface area contributed by atoms with E-state index in [1.54, 1.807) is 0 Å². The molecule has 0 aliphatic heterocycles. The maximum Gasteiger partial charge on any atom is 0.146 e. The number of pyridine rings is 3. The topological polar surface area (TPSA) is 48.0 Å². The Kier molecular flexibility index (Phi) is 3.92. The first kappa shape index (κ1) is 21.3. The van der Waals surface area contributed by atoms with Crippen molar-refractivity contribution in [3.8, 4) is 16.8 Å². The summed E-state index contributed by atoms with van der Waals surface area (Å²) in [6.45, 7) is 0. The first-order valence-corrected chi connectivity index (χ1v) is 13.9. The lowest BCUT2D eigenvalue weighted by atomic mass is 9.97. The van der Waals surface area contributed by atoms with Gasteiger partial charge in [0.25, 0.3) is 0 Å². The van der Waals surface area contributed by atoms with Gasteiger partial charge in [-0.05, 0) is 76.5 Å². The maximum atomic E-state index is 5.16. The lowest BCUT2D eigenvalue weighted by Crippen LogP contribution is -1.95. The van der Waals surface area contributed by atoms with Gasteiger partial charge in [0, 0.05) is 39.6 Å². The van der Waals surface area contributed by atoms with Crippen molar-refractivity contribution in [3.05, 3.63) is 127 Å². The Morgan fingerprint density at radius 1 is 0.585 bits per heavy atom. The van der Waals surface area contributed by atoms with Crippen molar-refractivity contribution < 1.29 is 0 Å². The minimum Gasteiger partial charge on any atom is -0.309 e. The number of fused-ring (bicyclic) bond motifs is 15. The Bertz CT molecular complexity index is 2550. The van der Waals surface area contributed by atoms with Gasteiger partial charge in [-0.15, -0.1) is 0 Å². The molecule has 1 aliphatic carbocycles. The van der Waals surface area contributed by atoms with Crippen LogP contribution in [0.2, 0.25) is 0 Å². The van der Waals surface area contributed by atoms with Gasteiger partial charge in [-0.1, -0.05) is 48.5 Å². The van der Waals surface area contributed by atoms with Crippen LogP contribution in [0.4, 0.5) is 0 Å². The predicted octanol–water partition coefficient (Wildman–Crippen LogP) is 8.25. The summed E-state index contributed by atoms with van der Waals surface area (Å²) in [7, 11) is 0. The zero-order valence-electron chi connectivity index (χ0n) is 21.9. The third-order valence-corrected chi connectivity index (χ3v) is 8.89. The summed E-state index contributed by atoms with van der Waals surface area (Å²) in [5.74, 6) is 0. The van der Waals surface area contributed by atoms with Crippen molar-refractivity contribution in [1.29, 1.82) is 0 Å². The minimum absolute atomic E-state index is 0.872. The highest BCUT2D eigenvalue weighted by Crippen LogP contribution is 2.46. The Morgan fingerprint density at radius 2 is 1.39 bits per heavy atom. The van der Waals surface area contributed by atoms with E-state index >= 15 is 0 Å². The zero-order valence-corrected chi connectivity index (χ0v) is 21.9. The van der Waals surface area contributed by atoms with E-state index in [9.17, 15) is 0 Å². The van der Waals surface area contributed by atoms with E-state index in [0.717, 1.165) is 28.6 Å². The highest BCUT2D eigenvalue weighted by Gasteiger charge is 2.26. The monoisotopic (exact) mass is 523 g/mol. The largest absolute Gasteiger partial charge is 0.309 e. The second kappa shape index (κ2) is 7.55. The van der Waals surface area contributed by atoms with E-state index in [-0.39, 0.29) is 0 Å². The predicted molar refractivity (Wildman–Crippen MR) is 166 cm³/mol. The van der Waals surface area contributed by atoms with Gasteiger partial charge in [-0.3, -0.25) is 14.4 Å². The fourth-order valence-electron chi connectivity index (χ4n) is 7.19. The van der Waals surface area contributed by atoms with Gasteiger partial charge in [0.05, 0.1) is 40.0 Å². The Morgan fingerprint density at radius 3 is 2.32 bits per heavy atom. The molecule has 1 aliphatic rings. The van der Waals surface area contributed by atoms with Crippen LogP contribution in [0.5, 0.6) is 0 Å². The van der Waals surface area contributed by atoms with Crippen LogP contribution in [-0.4, -0.2) is 23.9 Å². The average molecular weight is 524 g/mol. The van der Waals surface area contributed by atoms with Crippen LogP contribution in [0.3, 0.4) is 0 Å². The van der Waals surface area contributed by atoms with Crippen molar-refractivity contribution in [2.24, 2.45) is 0 Å². The molecular weight excluding hydrogens is 502 g/mol. The van der Waals surface area contributed by atoms with Gasteiger partial charge in [0.1, 0.15) is 5.65 Å². The summed E-state index contributed by atoms with van der Waals surface area (Å²) >= 11 is 0. The van der Waals surface area contributed by atoms with Gasteiger partial charge in [0.15, 0.2) is 0 Å². The molecule has 5 heteroatoms.